The Kier molecular flexibility index (Phi) is 8.02. The number of carboxylic acids is 1. The van der Waals surface area contributed by atoms with Crippen molar-refractivity contribution in [3.63, 3.8) is 0 Å². The van der Waals surface area contributed by atoms with E-state index in [1.54, 1.807) is 7.11 Å². The molecule has 2 N–H and O–H groups in total. The zero-order chi connectivity index (χ0) is 14.1. The first-order chi connectivity index (χ1) is 9.17. The number of carbonyl (C=O) groups is 1. The molecule has 0 aromatic heterocycles. The number of nitrogens with zero attached hydrogens (tertiary/aromatic N) is 1. The zero-order valence-electron chi connectivity index (χ0n) is 12.2. The number of ether oxygens (including phenoxy) is 1. The molecule has 5 nitrogen and oxygen atoms in total. The van der Waals surface area contributed by atoms with E-state index >= 15 is 0 Å². The summed E-state index contributed by atoms with van der Waals surface area (Å²) in [6.45, 7) is 6.60. The molecule has 0 aromatic carbocycles. The maximum absolute atomic E-state index is 11.1. The molecule has 112 valence electrons. The number of methoxy groups -OCH3 is 1. The van der Waals surface area contributed by atoms with Gasteiger partial charge in [-0.2, -0.15) is 0 Å². The number of nitrogens with one attached hydrogen (secondary N) is 1. The van der Waals surface area contributed by atoms with Gasteiger partial charge in [0, 0.05) is 20.2 Å². The molecule has 19 heavy (non-hydrogen) atoms. The average molecular weight is 272 g/mol. The van der Waals surface area contributed by atoms with Crippen LogP contribution in [0.15, 0.2) is 0 Å². The normalized spacial score (nSPS) is 22.3. The Balaban J connectivity index is 2.30. The fraction of sp³-hybridized carbons (Fsp3) is 0.929. The van der Waals surface area contributed by atoms with E-state index in [1.807, 2.05) is 6.92 Å². The molecule has 0 saturated carbocycles. The lowest BCUT2D eigenvalue weighted by molar-refractivity contribution is -0.139. The van der Waals surface area contributed by atoms with Gasteiger partial charge in [-0.05, 0) is 44.7 Å². The van der Waals surface area contributed by atoms with Gasteiger partial charge in [0.2, 0.25) is 0 Å². The second-order valence-electron chi connectivity index (χ2n) is 5.40. The lowest BCUT2D eigenvalue weighted by Gasteiger charge is -2.33. The van der Waals surface area contributed by atoms with Gasteiger partial charge in [0.15, 0.2) is 0 Å². The smallest absolute Gasteiger partial charge is 0.320 e. The molecule has 5 heteroatoms. The highest BCUT2D eigenvalue weighted by Crippen LogP contribution is 2.17. The Morgan fingerprint density at radius 3 is 3.00 bits per heavy atom. The molecule has 0 aliphatic carbocycles. The third-order valence-electron chi connectivity index (χ3n) is 3.68. The monoisotopic (exact) mass is 272 g/mol. The molecule has 1 aliphatic heterocycles. The molecule has 0 aromatic rings. The number of piperidine rings is 1. The van der Waals surface area contributed by atoms with E-state index in [0.717, 1.165) is 39.2 Å². The Hall–Kier alpha value is -0.650. The van der Waals surface area contributed by atoms with E-state index < -0.39 is 12.0 Å². The summed E-state index contributed by atoms with van der Waals surface area (Å²) in [4.78, 5) is 13.5. The highest BCUT2D eigenvalue weighted by molar-refractivity contribution is 5.73. The first-order valence-electron chi connectivity index (χ1n) is 7.34. The summed E-state index contributed by atoms with van der Waals surface area (Å²) in [7, 11) is 1.74. The van der Waals surface area contributed by atoms with Crippen molar-refractivity contribution in [1.29, 1.82) is 0 Å². The molecular weight excluding hydrogens is 244 g/mol. The number of likely N-dealkylation sites (tertiary alicyclic amines) is 1. The van der Waals surface area contributed by atoms with Crippen molar-refractivity contribution in [2.24, 2.45) is 5.92 Å². The molecule has 1 rings (SSSR count). The van der Waals surface area contributed by atoms with Crippen LogP contribution in [0.1, 0.15) is 32.6 Å². The van der Waals surface area contributed by atoms with Crippen molar-refractivity contribution in [2.75, 3.05) is 39.9 Å². The van der Waals surface area contributed by atoms with Gasteiger partial charge in [0.05, 0.1) is 6.61 Å². The summed E-state index contributed by atoms with van der Waals surface area (Å²) < 4.78 is 5.21. The lowest BCUT2D eigenvalue weighted by Crippen LogP contribution is -2.43. The third kappa shape index (κ3) is 6.36. The zero-order valence-corrected chi connectivity index (χ0v) is 12.2. The minimum atomic E-state index is -0.737. The lowest BCUT2D eigenvalue weighted by atomic mass is 9.98. The minimum absolute atomic E-state index is 0.414. The summed E-state index contributed by atoms with van der Waals surface area (Å²) in [5.41, 5.74) is 0. The van der Waals surface area contributed by atoms with Crippen LogP contribution < -0.4 is 5.32 Å². The number of aliphatic carboxylic acids is 1. The van der Waals surface area contributed by atoms with Crippen molar-refractivity contribution < 1.29 is 14.6 Å². The quantitative estimate of drug-likeness (QED) is 0.660. The van der Waals surface area contributed by atoms with Crippen molar-refractivity contribution in [2.45, 2.75) is 38.6 Å². The Morgan fingerprint density at radius 1 is 1.58 bits per heavy atom. The van der Waals surface area contributed by atoms with Crippen molar-refractivity contribution in [3.8, 4) is 0 Å². The van der Waals surface area contributed by atoms with E-state index in [0.29, 0.717) is 12.3 Å². The highest BCUT2D eigenvalue weighted by Gasteiger charge is 2.22. The maximum Gasteiger partial charge on any atom is 0.320 e. The molecule has 2 atom stereocenters. The van der Waals surface area contributed by atoms with Crippen LogP contribution in [0.5, 0.6) is 0 Å². The standard InChI is InChI=1S/C14H28N2O3/c1-3-7-15-13(14(17)18)6-9-16-8-4-5-12(10-16)11-19-2/h12-13,15H,3-11H2,1-2H3,(H,17,18). The number of hydrogen-bond donors (Lipinski definition) is 2. The van der Waals surface area contributed by atoms with Crippen LogP contribution in [0.2, 0.25) is 0 Å². The van der Waals surface area contributed by atoms with Gasteiger partial charge < -0.3 is 20.1 Å². The van der Waals surface area contributed by atoms with Gasteiger partial charge in [0.1, 0.15) is 6.04 Å². The number of carboxylic acid groups (broad SMARTS) is 1. The maximum atomic E-state index is 11.1. The molecule has 1 heterocycles. The molecule has 1 aliphatic rings. The molecule has 0 amide bonds. The first kappa shape index (κ1) is 16.4. The largest absolute Gasteiger partial charge is 0.480 e. The van der Waals surface area contributed by atoms with Gasteiger partial charge in [-0.3, -0.25) is 4.79 Å². The van der Waals surface area contributed by atoms with Gasteiger partial charge in [-0.1, -0.05) is 6.92 Å². The van der Waals surface area contributed by atoms with E-state index in [2.05, 4.69) is 10.2 Å². The van der Waals surface area contributed by atoms with Crippen molar-refractivity contribution in [1.82, 2.24) is 10.2 Å². The van der Waals surface area contributed by atoms with Crippen LogP contribution in [0.4, 0.5) is 0 Å². The molecule has 1 fully saturated rings. The molecule has 1 saturated heterocycles. The van der Waals surface area contributed by atoms with E-state index in [9.17, 15) is 4.79 Å². The van der Waals surface area contributed by atoms with E-state index in [1.165, 1.54) is 12.8 Å². The van der Waals surface area contributed by atoms with Crippen LogP contribution >= 0.6 is 0 Å². The highest BCUT2D eigenvalue weighted by atomic mass is 16.5. The fourth-order valence-corrected chi connectivity index (χ4v) is 2.67. The van der Waals surface area contributed by atoms with Crippen molar-refractivity contribution in [3.05, 3.63) is 0 Å². The van der Waals surface area contributed by atoms with Crippen LogP contribution in [0, 0.1) is 5.92 Å². The van der Waals surface area contributed by atoms with Crippen molar-refractivity contribution >= 4 is 5.97 Å². The molecule has 0 spiro atoms. The molecular formula is C14H28N2O3. The topological polar surface area (TPSA) is 61.8 Å². The predicted molar refractivity (Wildman–Crippen MR) is 75.4 cm³/mol. The second-order valence-corrected chi connectivity index (χ2v) is 5.40. The molecule has 0 bridgehead atoms. The van der Waals surface area contributed by atoms with Crippen LogP contribution in [0.3, 0.4) is 0 Å². The summed E-state index contributed by atoms with van der Waals surface area (Å²) in [6, 6.07) is -0.414. The SMILES string of the molecule is CCCNC(CCN1CCCC(COC)C1)C(=O)O. The predicted octanol–water partition coefficient (Wildman–Crippen LogP) is 1.19. The summed E-state index contributed by atoms with van der Waals surface area (Å²) in [6.07, 6.45) is 4.05. The molecule has 2 unspecified atom stereocenters. The third-order valence-corrected chi connectivity index (χ3v) is 3.68. The Bertz CT molecular complexity index is 259. The van der Waals surface area contributed by atoms with E-state index in [4.69, 9.17) is 9.84 Å². The van der Waals surface area contributed by atoms with Crippen LogP contribution in [0.25, 0.3) is 0 Å². The second kappa shape index (κ2) is 9.28. The van der Waals surface area contributed by atoms with Crippen LogP contribution in [-0.4, -0.2) is 61.9 Å². The van der Waals surface area contributed by atoms with Crippen LogP contribution in [-0.2, 0) is 9.53 Å². The van der Waals surface area contributed by atoms with Gasteiger partial charge in [0.25, 0.3) is 0 Å². The summed E-state index contributed by atoms with van der Waals surface area (Å²) in [5.74, 6) is -0.135. The Labute approximate surface area is 116 Å². The van der Waals surface area contributed by atoms with Gasteiger partial charge >= 0.3 is 5.97 Å². The minimum Gasteiger partial charge on any atom is -0.480 e. The van der Waals surface area contributed by atoms with Gasteiger partial charge in [-0.25, -0.2) is 0 Å². The van der Waals surface area contributed by atoms with E-state index in [-0.39, 0.29) is 0 Å². The average Bonchev–Trinajstić information content (AvgIpc) is 2.39. The fourth-order valence-electron chi connectivity index (χ4n) is 2.67. The molecule has 0 radical (unpaired) electrons. The summed E-state index contributed by atoms with van der Waals surface area (Å²) >= 11 is 0. The summed E-state index contributed by atoms with van der Waals surface area (Å²) in [5, 5.41) is 12.3. The van der Waals surface area contributed by atoms with Gasteiger partial charge in [-0.15, -0.1) is 0 Å². The first-order valence-corrected chi connectivity index (χ1v) is 7.34. The Morgan fingerprint density at radius 2 is 2.37 bits per heavy atom. The number of rotatable bonds is 9. The number of hydrogen-bond acceptors (Lipinski definition) is 4.